The summed E-state index contributed by atoms with van der Waals surface area (Å²) in [5.74, 6) is 5.15. The van der Waals surface area contributed by atoms with Gasteiger partial charge in [0.05, 0.1) is 19.8 Å². The monoisotopic (exact) mass is 252 g/mol. The molecular formula is C10H17BN4O3. The van der Waals surface area contributed by atoms with Crippen molar-refractivity contribution in [2.75, 3.05) is 26.4 Å². The molecule has 98 valence electrons. The largest absolute Gasteiger partial charge is 0.370 e. The molecule has 0 saturated carbocycles. The highest BCUT2D eigenvalue weighted by Crippen LogP contribution is 1.99. The Hall–Kier alpha value is -1.68. The summed E-state index contributed by atoms with van der Waals surface area (Å²) in [6.45, 7) is 2.68. The second kappa shape index (κ2) is 11.8. The first kappa shape index (κ1) is 16.3. The van der Waals surface area contributed by atoms with Gasteiger partial charge in [-0.1, -0.05) is 18.0 Å². The Labute approximate surface area is 107 Å². The third-order valence-electron chi connectivity index (χ3n) is 1.85. The van der Waals surface area contributed by atoms with Crippen LogP contribution in [0.2, 0.25) is 0 Å². The van der Waals surface area contributed by atoms with Crippen molar-refractivity contribution >= 4 is 13.8 Å². The first-order chi connectivity index (χ1) is 8.74. The highest BCUT2D eigenvalue weighted by molar-refractivity contribution is 6.22. The molecule has 1 amide bonds. The Morgan fingerprint density at radius 3 is 3.00 bits per heavy atom. The highest BCUT2D eigenvalue weighted by Gasteiger charge is 2.03. The molecular weight excluding hydrogens is 235 g/mol. The van der Waals surface area contributed by atoms with E-state index < -0.39 is 6.23 Å². The molecule has 0 aromatic heterocycles. The number of nitrogens with zero attached hydrogens (tertiary/aromatic N) is 3. The maximum atomic E-state index is 11.2. The van der Waals surface area contributed by atoms with Crippen LogP contribution in [0.4, 0.5) is 0 Å². The lowest BCUT2D eigenvalue weighted by molar-refractivity contribution is -0.126. The van der Waals surface area contributed by atoms with Crippen LogP contribution in [0.25, 0.3) is 10.4 Å². The predicted molar refractivity (Wildman–Crippen MR) is 69.3 cm³/mol. The number of ether oxygens (including phenoxy) is 2. The fraction of sp³-hybridized carbons (Fsp3) is 0.700. The van der Waals surface area contributed by atoms with Gasteiger partial charge in [-0.2, -0.15) is 5.82 Å². The zero-order valence-electron chi connectivity index (χ0n) is 10.7. The van der Waals surface area contributed by atoms with Gasteiger partial charge in [-0.25, -0.2) is 0 Å². The zero-order chi connectivity index (χ0) is 13.6. The number of amides is 1. The summed E-state index contributed by atoms with van der Waals surface area (Å²) >= 11 is 0. The molecule has 0 heterocycles. The average molecular weight is 252 g/mol. The summed E-state index contributed by atoms with van der Waals surface area (Å²) in [5.41, 5.74) is 8.23. The summed E-state index contributed by atoms with van der Waals surface area (Å²) in [5, 5.41) is 6.00. The molecule has 0 aliphatic rings. The number of nitrogens with one attached hydrogen (secondary N) is 1. The molecule has 0 spiro atoms. The van der Waals surface area contributed by atoms with Crippen LogP contribution in [0, 0.1) is 11.7 Å². The molecule has 1 unspecified atom stereocenters. The first-order valence-electron chi connectivity index (χ1n) is 5.64. The van der Waals surface area contributed by atoms with E-state index in [9.17, 15) is 4.79 Å². The molecule has 8 heteroatoms. The molecule has 1 atom stereocenters. The van der Waals surface area contributed by atoms with Crippen molar-refractivity contribution in [3.8, 4) is 11.7 Å². The lowest BCUT2D eigenvalue weighted by Gasteiger charge is -2.10. The minimum atomic E-state index is -0.479. The minimum Gasteiger partial charge on any atom is -0.370 e. The van der Waals surface area contributed by atoms with Crippen molar-refractivity contribution < 1.29 is 14.3 Å². The second-order valence-electron chi connectivity index (χ2n) is 3.19. The van der Waals surface area contributed by atoms with Crippen LogP contribution >= 0.6 is 0 Å². The van der Waals surface area contributed by atoms with Crippen LogP contribution < -0.4 is 5.32 Å². The Kier molecular flexibility index (Phi) is 10.7. The Bertz CT molecular complexity index is 347. The van der Waals surface area contributed by atoms with E-state index in [4.69, 9.17) is 15.0 Å². The fourth-order valence-corrected chi connectivity index (χ4v) is 0.981. The Morgan fingerprint density at radius 1 is 1.61 bits per heavy atom. The molecule has 0 aromatic rings. The van der Waals surface area contributed by atoms with Crippen molar-refractivity contribution in [3.63, 3.8) is 0 Å². The molecule has 7 nitrogen and oxygen atoms in total. The number of rotatable bonds is 9. The summed E-state index contributed by atoms with van der Waals surface area (Å²) in [4.78, 5) is 13.8. The molecule has 0 rings (SSSR count). The summed E-state index contributed by atoms with van der Waals surface area (Å²) in [7, 11) is 1.70. The van der Waals surface area contributed by atoms with Crippen LogP contribution in [-0.2, 0) is 14.3 Å². The third kappa shape index (κ3) is 9.54. The average Bonchev–Trinajstić information content (AvgIpc) is 2.37. The van der Waals surface area contributed by atoms with Gasteiger partial charge in [0.2, 0.25) is 5.91 Å². The summed E-state index contributed by atoms with van der Waals surface area (Å²) < 4.78 is 10.3. The number of carbonyl (C=O) groups excluding carboxylic acids is 1. The highest BCUT2D eigenvalue weighted by atomic mass is 16.5. The minimum absolute atomic E-state index is 0.0347. The molecule has 0 aromatic carbocycles. The van der Waals surface area contributed by atoms with Crippen LogP contribution in [0.15, 0.2) is 5.11 Å². The van der Waals surface area contributed by atoms with Gasteiger partial charge in [-0.05, 0) is 12.0 Å². The first-order valence-corrected chi connectivity index (χ1v) is 5.64. The number of azide groups is 1. The van der Waals surface area contributed by atoms with Gasteiger partial charge >= 0.3 is 0 Å². The Balaban J connectivity index is 3.51. The quantitative estimate of drug-likeness (QED) is 0.153. The van der Waals surface area contributed by atoms with Gasteiger partial charge in [0.15, 0.2) is 7.85 Å². The molecule has 0 radical (unpaired) electrons. The van der Waals surface area contributed by atoms with E-state index >= 15 is 0 Å². The third-order valence-corrected chi connectivity index (χ3v) is 1.85. The standard InChI is InChI=1S/C10H17BN4O3/c1-2-10(14-15-12)18-7-6-17-8-9(16)13-5-3-4-11/h10H,2,5-8,11H2,1H3,(H,13,16). The summed E-state index contributed by atoms with van der Waals surface area (Å²) in [6, 6.07) is 0. The van der Waals surface area contributed by atoms with E-state index in [0.29, 0.717) is 13.0 Å². The summed E-state index contributed by atoms with van der Waals surface area (Å²) in [6.07, 6.45) is 0.118. The van der Waals surface area contributed by atoms with Crippen LogP contribution in [0.1, 0.15) is 13.3 Å². The lowest BCUT2D eigenvalue weighted by Crippen LogP contribution is -2.28. The molecule has 0 aliphatic heterocycles. The van der Waals surface area contributed by atoms with Gasteiger partial charge in [0.25, 0.3) is 0 Å². The lowest BCUT2D eigenvalue weighted by atomic mass is 10.2. The molecule has 0 saturated heterocycles. The maximum Gasteiger partial charge on any atom is 0.246 e. The molecule has 0 aliphatic carbocycles. The number of hydrogen-bond acceptors (Lipinski definition) is 4. The molecule has 0 fully saturated rings. The maximum absolute atomic E-state index is 11.2. The SMILES string of the molecule is BC#CCNC(=O)COCCOC(CC)N=[N+]=[N-]. The van der Waals surface area contributed by atoms with Gasteiger partial charge in [0, 0.05) is 4.91 Å². The topological polar surface area (TPSA) is 96.3 Å². The van der Waals surface area contributed by atoms with E-state index in [1.807, 2.05) is 6.92 Å². The normalized spacial score (nSPS) is 10.7. The van der Waals surface area contributed by atoms with Crippen molar-refractivity contribution in [2.24, 2.45) is 5.11 Å². The fourth-order valence-electron chi connectivity index (χ4n) is 0.981. The predicted octanol–water partition coefficient (Wildman–Crippen LogP) is -0.224. The van der Waals surface area contributed by atoms with Gasteiger partial charge in [0.1, 0.15) is 12.8 Å². The smallest absolute Gasteiger partial charge is 0.246 e. The number of carbonyl (C=O) groups is 1. The number of hydrogen-bond donors (Lipinski definition) is 1. The Morgan fingerprint density at radius 2 is 2.39 bits per heavy atom. The van der Waals surface area contributed by atoms with E-state index in [0.717, 1.165) is 0 Å². The molecule has 0 bridgehead atoms. The zero-order valence-corrected chi connectivity index (χ0v) is 10.7. The van der Waals surface area contributed by atoms with Crippen molar-refractivity contribution in [2.45, 2.75) is 19.6 Å². The van der Waals surface area contributed by atoms with E-state index in [1.54, 1.807) is 7.85 Å². The van der Waals surface area contributed by atoms with Crippen LogP contribution in [0.5, 0.6) is 0 Å². The van der Waals surface area contributed by atoms with Crippen LogP contribution in [0.3, 0.4) is 0 Å². The second-order valence-corrected chi connectivity index (χ2v) is 3.19. The van der Waals surface area contributed by atoms with E-state index in [2.05, 4.69) is 27.1 Å². The molecule has 18 heavy (non-hydrogen) atoms. The van der Waals surface area contributed by atoms with Gasteiger partial charge in [-0.3, -0.25) is 4.79 Å². The van der Waals surface area contributed by atoms with Crippen LogP contribution in [-0.4, -0.2) is 46.3 Å². The van der Waals surface area contributed by atoms with Crippen molar-refractivity contribution in [3.05, 3.63) is 10.4 Å². The van der Waals surface area contributed by atoms with Gasteiger partial charge < -0.3 is 14.8 Å². The van der Waals surface area contributed by atoms with Crippen molar-refractivity contribution in [1.29, 1.82) is 0 Å². The van der Waals surface area contributed by atoms with E-state index in [-0.39, 0.29) is 25.7 Å². The van der Waals surface area contributed by atoms with Crippen molar-refractivity contribution in [1.82, 2.24) is 5.32 Å². The van der Waals surface area contributed by atoms with Gasteiger partial charge in [-0.15, -0.1) is 0 Å². The van der Waals surface area contributed by atoms with E-state index in [1.165, 1.54) is 0 Å². The molecule has 1 N–H and O–H groups in total.